The van der Waals surface area contributed by atoms with Gasteiger partial charge in [-0.15, -0.1) is 0 Å². The van der Waals surface area contributed by atoms with Gasteiger partial charge in [0.05, 0.1) is 25.6 Å². The van der Waals surface area contributed by atoms with Gasteiger partial charge in [-0.3, -0.25) is 19.5 Å². The van der Waals surface area contributed by atoms with E-state index in [-0.39, 0.29) is 31.1 Å². The van der Waals surface area contributed by atoms with Crippen LogP contribution in [-0.4, -0.2) is 60.4 Å². The molecule has 212 valence electrons. The molecular formula is C31H32N4O6. The molecule has 3 aromatic carbocycles. The van der Waals surface area contributed by atoms with Crippen molar-refractivity contribution in [2.24, 2.45) is 5.92 Å². The third-order valence-electron chi connectivity index (χ3n) is 6.50. The second-order valence-corrected chi connectivity index (χ2v) is 9.92. The van der Waals surface area contributed by atoms with Crippen molar-refractivity contribution in [1.82, 2.24) is 14.5 Å². The van der Waals surface area contributed by atoms with Crippen LogP contribution < -0.4 is 24.3 Å². The van der Waals surface area contributed by atoms with Crippen molar-refractivity contribution in [3.63, 3.8) is 0 Å². The summed E-state index contributed by atoms with van der Waals surface area (Å²) in [6.07, 6.45) is 1.84. The lowest BCUT2D eigenvalue weighted by molar-refractivity contribution is -0.117. The van der Waals surface area contributed by atoms with Crippen LogP contribution in [0.1, 0.15) is 24.2 Å². The Hall–Kier alpha value is -4.99. The van der Waals surface area contributed by atoms with Gasteiger partial charge in [0.2, 0.25) is 18.6 Å². The molecule has 0 aliphatic carbocycles. The number of aromatic nitrogens is 2. The predicted molar refractivity (Wildman–Crippen MR) is 154 cm³/mol. The van der Waals surface area contributed by atoms with Crippen LogP contribution in [0.4, 0.5) is 5.95 Å². The van der Waals surface area contributed by atoms with Crippen LogP contribution in [0.2, 0.25) is 0 Å². The molecule has 0 saturated carbocycles. The van der Waals surface area contributed by atoms with Gasteiger partial charge in [-0.1, -0.05) is 44.2 Å². The number of carbonyl (C=O) groups excluding carboxylic acids is 2. The third kappa shape index (κ3) is 6.11. The lowest BCUT2D eigenvalue weighted by Gasteiger charge is -2.24. The smallest absolute Gasteiger partial charge is 0.254 e. The maximum absolute atomic E-state index is 13.5. The van der Waals surface area contributed by atoms with Gasteiger partial charge >= 0.3 is 0 Å². The number of ether oxygens (including phenoxy) is 4. The fourth-order valence-corrected chi connectivity index (χ4v) is 4.60. The highest BCUT2D eigenvalue weighted by Gasteiger charge is 2.24. The Morgan fingerprint density at radius 1 is 0.976 bits per heavy atom. The summed E-state index contributed by atoms with van der Waals surface area (Å²) in [6, 6.07) is 20.1. The lowest BCUT2D eigenvalue weighted by Crippen LogP contribution is -2.40. The van der Waals surface area contributed by atoms with Crippen LogP contribution >= 0.6 is 0 Å². The maximum Gasteiger partial charge on any atom is 0.254 e. The van der Waals surface area contributed by atoms with E-state index in [1.165, 1.54) is 4.90 Å². The summed E-state index contributed by atoms with van der Waals surface area (Å²) in [5.74, 6) is 2.00. The average molecular weight is 557 g/mol. The minimum Gasteiger partial charge on any atom is -0.493 e. The standard InChI is InChI=1S/C31H32N4O6/c1-20(2)16-34(30(37)22-10-12-26-28(14-22)41-19-40-26)18-29(36)33-31-32-24(21-8-6-5-7-9-21)17-35(31)23-11-13-25(38-3)27(15-23)39-4/h5-15,17,20H,16,18-19H2,1-4H3,(H,32,33,36). The molecular weight excluding hydrogens is 524 g/mol. The van der Waals surface area contributed by atoms with Crippen molar-refractivity contribution in [1.29, 1.82) is 0 Å². The first-order chi connectivity index (χ1) is 19.9. The molecule has 4 aromatic rings. The minimum absolute atomic E-state index is 0.114. The van der Waals surface area contributed by atoms with Crippen molar-refractivity contribution in [3.05, 3.63) is 78.5 Å². The van der Waals surface area contributed by atoms with Gasteiger partial charge in [0.25, 0.3) is 5.91 Å². The van der Waals surface area contributed by atoms with Crippen LogP contribution in [0, 0.1) is 5.92 Å². The quantitative estimate of drug-likeness (QED) is 0.292. The zero-order valence-electron chi connectivity index (χ0n) is 23.4. The molecule has 41 heavy (non-hydrogen) atoms. The van der Waals surface area contributed by atoms with Gasteiger partial charge < -0.3 is 23.8 Å². The van der Waals surface area contributed by atoms with E-state index in [0.717, 1.165) is 5.56 Å². The van der Waals surface area contributed by atoms with E-state index in [0.29, 0.717) is 52.4 Å². The summed E-state index contributed by atoms with van der Waals surface area (Å²) < 4.78 is 23.4. The molecule has 2 heterocycles. The topological polar surface area (TPSA) is 104 Å². The Morgan fingerprint density at radius 2 is 1.73 bits per heavy atom. The Labute approximate surface area is 238 Å². The monoisotopic (exact) mass is 556 g/mol. The second-order valence-electron chi connectivity index (χ2n) is 9.92. The number of carbonyl (C=O) groups is 2. The van der Waals surface area contributed by atoms with Gasteiger partial charge in [-0.2, -0.15) is 0 Å². The van der Waals surface area contributed by atoms with E-state index in [9.17, 15) is 9.59 Å². The summed E-state index contributed by atoms with van der Waals surface area (Å²) in [6.45, 7) is 4.33. The maximum atomic E-state index is 13.5. The Kier molecular flexibility index (Phi) is 8.09. The molecule has 0 atom stereocenters. The summed E-state index contributed by atoms with van der Waals surface area (Å²) >= 11 is 0. The zero-order valence-corrected chi connectivity index (χ0v) is 23.4. The number of hydrogen-bond donors (Lipinski definition) is 1. The van der Waals surface area contributed by atoms with Crippen molar-refractivity contribution in [2.45, 2.75) is 13.8 Å². The predicted octanol–water partition coefficient (Wildman–Crippen LogP) is 5.02. The van der Waals surface area contributed by atoms with Gasteiger partial charge in [0.15, 0.2) is 23.0 Å². The molecule has 10 heteroatoms. The molecule has 1 aliphatic heterocycles. The highest BCUT2D eigenvalue weighted by Crippen LogP contribution is 2.33. The van der Waals surface area contributed by atoms with Crippen molar-refractivity contribution < 1.29 is 28.5 Å². The number of nitrogens with zero attached hydrogens (tertiary/aromatic N) is 3. The number of hydrogen-bond acceptors (Lipinski definition) is 7. The number of rotatable bonds is 10. The Bertz CT molecular complexity index is 1550. The molecule has 0 spiro atoms. The van der Waals surface area contributed by atoms with Crippen molar-refractivity contribution in [2.75, 3.05) is 39.4 Å². The van der Waals surface area contributed by atoms with E-state index >= 15 is 0 Å². The first kappa shape index (κ1) is 27.6. The number of nitrogens with one attached hydrogen (secondary N) is 1. The molecule has 0 fully saturated rings. The first-order valence-electron chi connectivity index (χ1n) is 13.2. The highest BCUT2D eigenvalue weighted by atomic mass is 16.7. The Balaban J connectivity index is 1.43. The molecule has 0 unspecified atom stereocenters. The van der Waals surface area contributed by atoms with Crippen LogP contribution in [0.15, 0.2) is 72.9 Å². The average Bonchev–Trinajstić information content (AvgIpc) is 3.63. The summed E-state index contributed by atoms with van der Waals surface area (Å²) in [5.41, 5.74) is 2.69. The van der Waals surface area contributed by atoms with E-state index in [1.807, 2.05) is 56.4 Å². The van der Waals surface area contributed by atoms with E-state index in [1.54, 1.807) is 49.1 Å². The van der Waals surface area contributed by atoms with Crippen LogP contribution in [0.3, 0.4) is 0 Å². The van der Waals surface area contributed by atoms with E-state index in [4.69, 9.17) is 23.9 Å². The molecule has 1 N–H and O–H groups in total. The minimum atomic E-state index is -0.383. The van der Waals surface area contributed by atoms with E-state index in [2.05, 4.69) is 5.32 Å². The van der Waals surface area contributed by atoms with Crippen LogP contribution in [0.25, 0.3) is 16.9 Å². The normalized spacial score (nSPS) is 11.8. The summed E-state index contributed by atoms with van der Waals surface area (Å²) in [7, 11) is 3.13. The largest absolute Gasteiger partial charge is 0.493 e. The van der Waals surface area contributed by atoms with Gasteiger partial charge in [-0.25, -0.2) is 4.98 Å². The van der Waals surface area contributed by atoms with Crippen molar-refractivity contribution >= 4 is 17.8 Å². The molecule has 0 saturated heterocycles. The summed E-state index contributed by atoms with van der Waals surface area (Å²) in [4.78, 5) is 33.2. The molecule has 0 bridgehead atoms. The number of methoxy groups -OCH3 is 2. The Morgan fingerprint density at radius 3 is 2.46 bits per heavy atom. The molecule has 2 amide bonds. The van der Waals surface area contributed by atoms with Crippen molar-refractivity contribution in [3.8, 4) is 39.9 Å². The van der Waals surface area contributed by atoms with Gasteiger partial charge in [0, 0.05) is 29.9 Å². The zero-order chi connectivity index (χ0) is 28.9. The number of imidazole rings is 1. The number of amides is 2. The molecule has 1 aliphatic rings. The third-order valence-corrected chi connectivity index (χ3v) is 6.50. The van der Waals surface area contributed by atoms with Gasteiger partial charge in [0.1, 0.15) is 6.54 Å². The molecule has 10 nitrogen and oxygen atoms in total. The number of benzene rings is 3. The molecule has 0 radical (unpaired) electrons. The SMILES string of the molecule is COc1ccc(-n2cc(-c3ccccc3)nc2NC(=O)CN(CC(C)C)C(=O)c2ccc3c(c2)OCO3)cc1OC. The lowest BCUT2D eigenvalue weighted by atomic mass is 10.1. The second kappa shape index (κ2) is 12.0. The molecule has 1 aromatic heterocycles. The fourth-order valence-electron chi connectivity index (χ4n) is 4.60. The molecule has 5 rings (SSSR count). The first-order valence-corrected chi connectivity index (χ1v) is 13.2. The fraction of sp³-hybridized carbons (Fsp3) is 0.258. The van der Waals surface area contributed by atoms with Crippen LogP contribution in [0.5, 0.6) is 23.0 Å². The summed E-state index contributed by atoms with van der Waals surface area (Å²) in [5, 5.41) is 2.92. The highest BCUT2D eigenvalue weighted by molar-refractivity contribution is 5.99. The number of fused-ring (bicyclic) bond motifs is 1. The van der Waals surface area contributed by atoms with E-state index < -0.39 is 0 Å². The number of anilines is 1. The van der Waals surface area contributed by atoms with Gasteiger partial charge in [-0.05, 0) is 36.2 Å². The van der Waals surface area contributed by atoms with Crippen LogP contribution in [-0.2, 0) is 4.79 Å².